The molecule has 0 saturated carbocycles. The highest BCUT2D eigenvalue weighted by Crippen LogP contribution is 2.16. The van der Waals surface area contributed by atoms with Crippen LogP contribution in [0.2, 0.25) is 0 Å². The van der Waals surface area contributed by atoms with Gasteiger partial charge < -0.3 is 15.5 Å². The number of tetrazole rings is 1. The number of likely N-dealkylation sites (tertiary alicyclic amines) is 1. The number of pyridine rings is 1. The molecular weight excluding hydrogens is 332 g/mol. The molecule has 1 aliphatic heterocycles. The molecule has 1 saturated heterocycles. The van der Waals surface area contributed by atoms with Crippen LogP contribution in [0.3, 0.4) is 0 Å². The second kappa shape index (κ2) is 8.70. The number of hydrogen-bond donors (Lipinski definition) is 3. The normalized spacial score (nSPS) is 17.6. The molecule has 26 heavy (non-hydrogen) atoms. The molecule has 3 rings (SSSR count). The summed E-state index contributed by atoms with van der Waals surface area (Å²) >= 11 is 0. The van der Waals surface area contributed by atoms with Gasteiger partial charge in [0.25, 0.3) is 5.91 Å². The summed E-state index contributed by atoms with van der Waals surface area (Å²) in [4.78, 5) is 19.0. The molecule has 9 nitrogen and oxygen atoms in total. The summed E-state index contributed by atoms with van der Waals surface area (Å²) in [6.07, 6.45) is 2.72. The topological polar surface area (TPSA) is 112 Å². The zero-order valence-electron chi connectivity index (χ0n) is 15.3. The second-order valence-electron chi connectivity index (χ2n) is 7.13. The molecule has 0 unspecified atom stereocenters. The number of nitrogens with one attached hydrogen (secondary N) is 3. The van der Waals surface area contributed by atoms with E-state index in [0.717, 1.165) is 26.1 Å². The number of hydrogen-bond acceptors (Lipinski definition) is 7. The van der Waals surface area contributed by atoms with Crippen molar-refractivity contribution >= 4 is 11.7 Å². The van der Waals surface area contributed by atoms with E-state index in [1.807, 2.05) is 0 Å². The maximum Gasteiger partial charge on any atom is 0.252 e. The van der Waals surface area contributed by atoms with Crippen molar-refractivity contribution in [3.05, 3.63) is 29.7 Å². The summed E-state index contributed by atoms with van der Waals surface area (Å²) < 4.78 is 0. The molecular formula is C17H26N8O. The number of aromatic nitrogens is 5. The van der Waals surface area contributed by atoms with Crippen molar-refractivity contribution in [2.45, 2.75) is 26.8 Å². The smallest absolute Gasteiger partial charge is 0.252 e. The standard InChI is InChI=1S/C17H26N8O/c1-12(2)10-25-6-5-13(11-25)7-20-17(26)14-3-4-15(18-8-14)19-9-16-21-23-24-22-16/h3-4,8,12-13H,5-7,9-11H2,1-2H3,(H,18,19)(H,20,26)(H,21,22,23,24)/t13-/m1/s1. The largest absolute Gasteiger partial charge is 0.363 e. The SMILES string of the molecule is CC(C)CN1CC[C@H](CNC(=O)c2ccc(NCc3nn[nH]n3)nc2)C1. The zero-order valence-corrected chi connectivity index (χ0v) is 15.3. The average Bonchev–Trinajstić information content (AvgIpc) is 3.30. The van der Waals surface area contributed by atoms with E-state index in [4.69, 9.17) is 0 Å². The Bertz CT molecular complexity index is 685. The Morgan fingerprint density at radius 1 is 1.42 bits per heavy atom. The van der Waals surface area contributed by atoms with E-state index in [1.54, 1.807) is 18.3 Å². The fourth-order valence-electron chi connectivity index (χ4n) is 3.16. The van der Waals surface area contributed by atoms with Crippen LogP contribution in [0.1, 0.15) is 36.5 Å². The van der Waals surface area contributed by atoms with Crippen molar-refractivity contribution < 1.29 is 4.79 Å². The molecule has 1 atom stereocenters. The van der Waals surface area contributed by atoms with Crippen LogP contribution < -0.4 is 10.6 Å². The lowest BCUT2D eigenvalue weighted by Gasteiger charge is -2.18. The van der Waals surface area contributed by atoms with Gasteiger partial charge in [0.15, 0.2) is 5.82 Å². The van der Waals surface area contributed by atoms with Crippen molar-refractivity contribution in [2.75, 3.05) is 31.5 Å². The second-order valence-corrected chi connectivity index (χ2v) is 7.13. The van der Waals surface area contributed by atoms with Gasteiger partial charge in [-0.3, -0.25) is 4.79 Å². The van der Waals surface area contributed by atoms with Crippen LogP contribution >= 0.6 is 0 Å². The van der Waals surface area contributed by atoms with Gasteiger partial charge in [0.1, 0.15) is 5.82 Å². The van der Waals surface area contributed by atoms with Crippen molar-refractivity contribution in [3.8, 4) is 0 Å². The fraction of sp³-hybridized carbons (Fsp3) is 0.588. The zero-order chi connectivity index (χ0) is 18.4. The van der Waals surface area contributed by atoms with Crippen molar-refractivity contribution in [2.24, 2.45) is 11.8 Å². The summed E-state index contributed by atoms with van der Waals surface area (Å²) in [7, 11) is 0. The number of carbonyl (C=O) groups is 1. The quantitative estimate of drug-likeness (QED) is 0.643. The number of aromatic amines is 1. The number of anilines is 1. The van der Waals surface area contributed by atoms with E-state index in [0.29, 0.717) is 42.1 Å². The van der Waals surface area contributed by atoms with Gasteiger partial charge in [-0.05, 0) is 36.9 Å². The Kier molecular flexibility index (Phi) is 6.11. The third kappa shape index (κ3) is 5.22. The third-order valence-corrected chi connectivity index (χ3v) is 4.39. The van der Waals surface area contributed by atoms with Crippen molar-refractivity contribution in [1.29, 1.82) is 0 Å². The predicted octanol–water partition coefficient (Wildman–Crippen LogP) is 0.915. The molecule has 2 aromatic rings. The van der Waals surface area contributed by atoms with Crippen LogP contribution in [0.15, 0.2) is 18.3 Å². The van der Waals surface area contributed by atoms with Gasteiger partial charge in [-0.15, -0.1) is 10.2 Å². The van der Waals surface area contributed by atoms with Crippen LogP contribution in [0, 0.1) is 11.8 Å². The van der Waals surface area contributed by atoms with E-state index >= 15 is 0 Å². The highest BCUT2D eigenvalue weighted by atomic mass is 16.1. The molecule has 1 amide bonds. The van der Waals surface area contributed by atoms with Crippen molar-refractivity contribution in [1.82, 2.24) is 35.8 Å². The summed E-state index contributed by atoms with van der Waals surface area (Å²) in [6.45, 7) is 8.93. The van der Waals surface area contributed by atoms with Gasteiger partial charge in [-0.2, -0.15) is 5.21 Å². The molecule has 1 fully saturated rings. The lowest BCUT2D eigenvalue weighted by Crippen LogP contribution is -2.31. The molecule has 140 valence electrons. The average molecular weight is 358 g/mol. The first-order valence-corrected chi connectivity index (χ1v) is 9.03. The monoisotopic (exact) mass is 358 g/mol. The highest BCUT2D eigenvalue weighted by Gasteiger charge is 2.23. The van der Waals surface area contributed by atoms with Crippen LogP contribution in [0.25, 0.3) is 0 Å². The Balaban J connectivity index is 1.42. The van der Waals surface area contributed by atoms with Gasteiger partial charge in [0.2, 0.25) is 0 Å². The summed E-state index contributed by atoms with van der Waals surface area (Å²) in [5.74, 6) is 2.34. The first-order valence-electron chi connectivity index (χ1n) is 9.03. The molecule has 1 aliphatic rings. The summed E-state index contributed by atoms with van der Waals surface area (Å²) in [5, 5.41) is 19.7. The van der Waals surface area contributed by atoms with Gasteiger partial charge in [0, 0.05) is 25.8 Å². The summed E-state index contributed by atoms with van der Waals surface area (Å²) in [6, 6.07) is 3.54. The van der Waals surface area contributed by atoms with Crippen LogP contribution in [0.4, 0.5) is 5.82 Å². The van der Waals surface area contributed by atoms with E-state index in [1.165, 1.54) is 0 Å². The van der Waals surface area contributed by atoms with Gasteiger partial charge in [-0.25, -0.2) is 4.98 Å². The molecule has 3 N–H and O–H groups in total. The molecule has 0 radical (unpaired) electrons. The Hall–Kier alpha value is -2.55. The molecule has 0 aromatic carbocycles. The number of nitrogens with zero attached hydrogens (tertiary/aromatic N) is 5. The first kappa shape index (κ1) is 18.2. The third-order valence-electron chi connectivity index (χ3n) is 4.39. The minimum Gasteiger partial charge on any atom is -0.363 e. The molecule has 0 aliphatic carbocycles. The molecule has 9 heteroatoms. The number of carbonyl (C=O) groups excluding carboxylic acids is 1. The Morgan fingerprint density at radius 2 is 2.31 bits per heavy atom. The van der Waals surface area contributed by atoms with Gasteiger partial charge >= 0.3 is 0 Å². The van der Waals surface area contributed by atoms with Gasteiger partial charge in [-0.1, -0.05) is 19.1 Å². The van der Waals surface area contributed by atoms with Crippen molar-refractivity contribution in [3.63, 3.8) is 0 Å². The maximum absolute atomic E-state index is 12.3. The number of amides is 1. The van der Waals surface area contributed by atoms with Crippen LogP contribution in [-0.4, -0.2) is 62.6 Å². The minimum absolute atomic E-state index is 0.0791. The molecule has 2 aromatic heterocycles. The fourth-order valence-corrected chi connectivity index (χ4v) is 3.16. The van der Waals surface area contributed by atoms with Crippen LogP contribution in [-0.2, 0) is 6.54 Å². The lowest BCUT2D eigenvalue weighted by molar-refractivity contribution is 0.0947. The maximum atomic E-state index is 12.3. The summed E-state index contributed by atoms with van der Waals surface area (Å²) in [5.41, 5.74) is 0.562. The number of H-pyrrole nitrogens is 1. The predicted molar refractivity (Wildman–Crippen MR) is 97.5 cm³/mol. The minimum atomic E-state index is -0.0791. The molecule has 3 heterocycles. The van der Waals surface area contributed by atoms with Crippen LogP contribution in [0.5, 0.6) is 0 Å². The highest BCUT2D eigenvalue weighted by molar-refractivity contribution is 5.94. The first-order chi connectivity index (χ1) is 12.6. The lowest BCUT2D eigenvalue weighted by atomic mass is 10.1. The Morgan fingerprint density at radius 3 is 3.00 bits per heavy atom. The molecule has 0 bridgehead atoms. The van der Waals surface area contributed by atoms with E-state index in [2.05, 4.69) is 55.0 Å². The molecule has 0 spiro atoms. The number of rotatable bonds is 8. The van der Waals surface area contributed by atoms with E-state index < -0.39 is 0 Å². The van der Waals surface area contributed by atoms with E-state index in [9.17, 15) is 4.79 Å². The van der Waals surface area contributed by atoms with Gasteiger partial charge in [0.05, 0.1) is 12.1 Å². The van der Waals surface area contributed by atoms with E-state index in [-0.39, 0.29) is 5.91 Å². The Labute approximate surface area is 153 Å².